The van der Waals surface area contributed by atoms with Gasteiger partial charge in [-0.25, -0.2) is 0 Å². The molecule has 1 aromatic carbocycles. The summed E-state index contributed by atoms with van der Waals surface area (Å²) in [6, 6.07) is 10.5. The molecule has 0 amide bonds. The van der Waals surface area contributed by atoms with E-state index in [1.54, 1.807) is 0 Å². The topological polar surface area (TPSA) is 43.0 Å². The molecule has 2 aromatic heterocycles. The normalized spacial score (nSPS) is 11.3. The molecule has 0 saturated carbocycles. The van der Waals surface area contributed by atoms with Crippen LogP contribution in [0.2, 0.25) is 0 Å². The van der Waals surface area contributed by atoms with Crippen molar-refractivity contribution in [3.8, 4) is 0 Å². The fourth-order valence-electron chi connectivity index (χ4n) is 2.66. The number of benzene rings is 1. The number of nitrogens with one attached hydrogen (secondary N) is 1. The van der Waals surface area contributed by atoms with Gasteiger partial charge in [0.15, 0.2) is 0 Å². The van der Waals surface area contributed by atoms with Crippen molar-refractivity contribution in [3.05, 3.63) is 53.5 Å². The van der Waals surface area contributed by atoms with Gasteiger partial charge in [0.05, 0.1) is 6.54 Å². The van der Waals surface area contributed by atoms with Crippen molar-refractivity contribution >= 4 is 10.9 Å². The van der Waals surface area contributed by atoms with Gasteiger partial charge >= 0.3 is 0 Å². The second-order valence-electron chi connectivity index (χ2n) is 5.41. The van der Waals surface area contributed by atoms with Crippen LogP contribution in [0.1, 0.15) is 30.4 Å². The minimum absolute atomic E-state index is 0.742. The van der Waals surface area contributed by atoms with E-state index in [1.165, 1.54) is 16.5 Å². The molecule has 4 nitrogen and oxygen atoms in total. The maximum Gasteiger partial charge on any atom is 0.133 e. The summed E-state index contributed by atoms with van der Waals surface area (Å²) in [5.74, 6) is 0.853. The zero-order chi connectivity index (χ0) is 14.7. The minimum atomic E-state index is 0.742. The molecule has 0 atom stereocenters. The highest BCUT2D eigenvalue weighted by atomic mass is 16.5. The lowest BCUT2D eigenvalue weighted by Crippen LogP contribution is -2.13. The minimum Gasteiger partial charge on any atom is -0.361 e. The molecule has 1 N–H and O–H groups in total. The summed E-state index contributed by atoms with van der Waals surface area (Å²) < 4.78 is 7.40. The fourth-order valence-corrected chi connectivity index (χ4v) is 2.66. The highest BCUT2D eigenvalue weighted by Crippen LogP contribution is 2.22. The van der Waals surface area contributed by atoms with Crippen molar-refractivity contribution in [3.63, 3.8) is 0 Å². The molecular formula is C17H21N3O. The maximum atomic E-state index is 5.16. The third-order valence-corrected chi connectivity index (χ3v) is 3.62. The van der Waals surface area contributed by atoms with Gasteiger partial charge in [-0.3, -0.25) is 0 Å². The van der Waals surface area contributed by atoms with E-state index in [0.717, 1.165) is 37.5 Å². The monoisotopic (exact) mass is 283 g/mol. The molecule has 0 radical (unpaired) electrons. The van der Waals surface area contributed by atoms with Crippen LogP contribution < -0.4 is 5.32 Å². The predicted octanol–water partition coefficient (Wildman–Crippen LogP) is 3.49. The standard InChI is InChI=1S/C17H21N3O/c1-3-8-18-10-14-11-20(12-15-9-13(2)21-19-15)17-7-5-4-6-16(14)17/h4-7,9,11,18H,3,8,10,12H2,1-2H3. The van der Waals surface area contributed by atoms with Crippen LogP contribution in [0.4, 0.5) is 0 Å². The first kappa shape index (κ1) is 13.9. The fraction of sp³-hybridized carbons (Fsp3) is 0.353. The lowest BCUT2D eigenvalue weighted by molar-refractivity contribution is 0.389. The van der Waals surface area contributed by atoms with Gasteiger partial charge in [-0.2, -0.15) is 0 Å². The molecule has 2 heterocycles. The second kappa shape index (κ2) is 6.14. The van der Waals surface area contributed by atoms with Crippen LogP contribution >= 0.6 is 0 Å². The number of hydrogen-bond acceptors (Lipinski definition) is 3. The molecule has 0 aliphatic heterocycles. The third kappa shape index (κ3) is 3.00. The van der Waals surface area contributed by atoms with E-state index in [4.69, 9.17) is 4.52 Å². The van der Waals surface area contributed by atoms with Crippen molar-refractivity contribution in [2.45, 2.75) is 33.4 Å². The molecule has 3 rings (SSSR count). The number of fused-ring (bicyclic) bond motifs is 1. The van der Waals surface area contributed by atoms with Gasteiger partial charge in [0, 0.05) is 29.7 Å². The Labute approximate surface area is 124 Å². The molecule has 0 saturated heterocycles. The summed E-state index contributed by atoms with van der Waals surface area (Å²) in [6.45, 7) is 6.79. The van der Waals surface area contributed by atoms with Crippen LogP contribution in [-0.2, 0) is 13.1 Å². The van der Waals surface area contributed by atoms with E-state index in [1.807, 2.05) is 13.0 Å². The van der Waals surface area contributed by atoms with E-state index in [0.29, 0.717) is 0 Å². The van der Waals surface area contributed by atoms with Gasteiger partial charge in [-0.15, -0.1) is 0 Å². The summed E-state index contributed by atoms with van der Waals surface area (Å²) >= 11 is 0. The van der Waals surface area contributed by atoms with Gasteiger partial charge in [0.25, 0.3) is 0 Å². The lowest BCUT2D eigenvalue weighted by Gasteiger charge is -2.01. The molecule has 3 aromatic rings. The number of aromatic nitrogens is 2. The Morgan fingerprint density at radius 2 is 2.14 bits per heavy atom. The van der Waals surface area contributed by atoms with Crippen LogP contribution in [0.5, 0.6) is 0 Å². The summed E-state index contributed by atoms with van der Waals surface area (Å²) in [5, 5.41) is 8.88. The van der Waals surface area contributed by atoms with Crippen molar-refractivity contribution in [2.24, 2.45) is 0 Å². The van der Waals surface area contributed by atoms with E-state index in [9.17, 15) is 0 Å². The smallest absolute Gasteiger partial charge is 0.133 e. The number of nitrogens with zero attached hydrogens (tertiary/aromatic N) is 2. The first-order chi connectivity index (χ1) is 10.3. The maximum absolute atomic E-state index is 5.16. The molecule has 0 fully saturated rings. The summed E-state index contributed by atoms with van der Waals surface area (Å²) in [4.78, 5) is 0. The zero-order valence-corrected chi connectivity index (χ0v) is 12.6. The first-order valence-corrected chi connectivity index (χ1v) is 7.47. The van der Waals surface area contributed by atoms with Crippen LogP contribution in [0.3, 0.4) is 0 Å². The van der Waals surface area contributed by atoms with Gasteiger partial charge < -0.3 is 14.4 Å². The Bertz CT molecular complexity index is 727. The van der Waals surface area contributed by atoms with Gasteiger partial charge in [0.1, 0.15) is 11.5 Å². The van der Waals surface area contributed by atoms with Gasteiger partial charge in [-0.1, -0.05) is 30.3 Å². The van der Waals surface area contributed by atoms with Crippen molar-refractivity contribution < 1.29 is 4.52 Å². The average Bonchev–Trinajstić information content (AvgIpc) is 3.05. The Kier molecular flexibility index (Phi) is 4.06. The molecule has 0 bridgehead atoms. The van der Waals surface area contributed by atoms with Crippen LogP contribution in [-0.4, -0.2) is 16.3 Å². The van der Waals surface area contributed by atoms with Crippen LogP contribution in [0.25, 0.3) is 10.9 Å². The van der Waals surface area contributed by atoms with Gasteiger partial charge in [-0.05, 0) is 31.5 Å². The summed E-state index contributed by atoms with van der Waals surface area (Å²) in [7, 11) is 0. The average molecular weight is 283 g/mol. The Morgan fingerprint density at radius 3 is 2.90 bits per heavy atom. The number of hydrogen-bond donors (Lipinski definition) is 1. The number of para-hydroxylation sites is 1. The first-order valence-electron chi connectivity index (χ1n) is 7.47. The molecule has 110 valence electrons. The summed E-state index contributed by atoms with van der Waals surface area (Å²) in [5.41, 5.74) is 3.53. The van der Waals surface area contributed by atoms with Crippen LogP contribution in [0, 0.1) is 6.92 Å². The van der Waals surface area contributed by atoms with Crippen LogP contribution in [0.15, 0.2) is 41.1 Å². The zero-order valence-electron chi connectivity index (χ0n) is 12.6. The van der Waals surface area contributed by atoms with E-state index in [2.05, 4.69) is 52.4 Å². The summed E-state index contributed by atoms with van der Waals surface area (Å²) in [6.07, 6.45) is 3.37. The molecule has 0 aliphatic rings. The van der Waals surface area contributed by atoms with E-state index < -0.39 is 0 Å². The number of rotatable bonds is 6. The molecule has 0 spiro atoms. The van der Waals surface area contributed by atoms with E-state index in [-0.39, 0.29) is 0 Å². The van der Waals surface area contributed by atoms with E-state index >= 15 is 0 Å². The van der Waals surface area contributed by atoms with Crippen molar-refractivity contribution in [2.75, 3.05) is 6.54 Å². The quantitative estimate of drug-likeness (QED) is 0.704. The number of aryl methyl sites for hydroxylation is 1. The highest BCUT2D eigenvalue weighted by molar-refractivity contribution is 5.84. The van der Waals surface area contributed by atoms with Crippen molar-refractivity contribution in [1.82, 2.24) is 15.0 Å². The largest absolute Gasteiger partial charge is 0.361 e. The third-order valence-electron chi connectivity index (χ3n) is 3.62. The molecule has 4 heteroatoms. The van der Waals surface area contributed by atoms with Crippen molar-refractivity contribution in [1.29, 1.82) is 0 Å². The molecule has 21 heavy (non-hydrogen) atoms. The Morgan fingerprint density at radius 1 is 1.29 bits per heavy atom. The Hall–Kier alpha value is -2.07. The lowest BCUT2D eigenvalue weighted by atomic mass is 10.2. The highest BCUT2D eigenvalue weighted by Gasteiger charge is 2.09. The molecular weight excluding hydrogens is 262 g/mol. The second-order valence-corrected chi connectivity index (χ2v) is 5.41. The SMILES string of the molecule is CCCNCc1cn(Cc2cc(C)on2)c2ccccc12. The Balaban J connectivity index is 1.90. The predicted molar refractivity (Wildman–Crippen MR) is 84.3 cm³/mol. The van der Waals surface area contributed by atoms with Gasteiger partial charge in [0.2, 0.25) is 0 Å². The molecule has 0 unspecified atom stereocenters. The molecule has 0 aliphatic carbocycles.